The average molecular weight is 799 g/mol. The number of hydrogen-bond acceptors (Lipinski definition) is 9. The molecule has 15 nitrogen and oxygen atoms in total. The Bertz CT molecular complexity index is 2160. The van der Waals surface area contributed by atoms with Gasteiger partial charge >= 0.3 is 23.9 Å². The second kappa shape index (κ2) is 19.8. The Labute approximate surface area is 337 Å². The molecule has 15 heteroatoms. The van der Waals surface area contributed by atoms with Crippen LogP contribution in [0.25, 0.3) is 16.5 Å². The van der Waals surface area contributed by atoms with Crippen LogP contribution in [0.5, 0.6) is 0 Å². The van der Waals surface area contributed by atoms with Crippen molar-refractivity contribution >= 4 is 57.6 Å². The van der Waals surface area contributed by atoms with Crippen molar-refractivity contribution in [2.45, 2.75) is 53.0 Å². The highest BCUT2D eigenvalue weighted by Gasteiger charge is 2.36. The van der Waals surface area contributed by atoms with Crippen molar-refractivity contribution in [1.82, 2.24) is 20.1 Å². The predicted molar refractivity (Wildman–Crippen MR) is 223 cm³/mol. The molecule has 1 aromatic heterocycles. The summed E-state index contributed by atoms with van der Waals surface area (Å²) in [7, 11) is 2.15. The van der Waals surface area contributed by atoms with Crippen LogP contribution >= 0.6 is 0 Å². The number of aromatic carboxylic acids is 3. The summed E-state index contributed by atoms with van der Waals surface area (Å²) in [5.74, 6) is -4.02. The fourth-order valence-electron chi connectivity index (χ4n) is 7.47. The highest BCUT2D eigenvalue weighted by Crippen LogP contribution is 2.41. The van der Waals surface area contributed by atoms with E-state index in [4.69, 9.17) is 31.9 Å². The van der Waals surface area contributed by atoms with Gasteiger partial charge in [0.25, 0.3) is 0 Å². The van der Waals surface area contributed by atoms with Crippen LogP contribution in [0.2, 0.25) is 0 Å². The second-order valence-corrected chi connectivity index (χ2v) is 14.5. The molecule has 3 heterocycles. The number of fused-ring (bicyclic) bond motifs is 2. The molecular formula is C43H54N6O9. The summed E-state index contributed by atoms with van der Waals surface area (Å²) < 4.78 is 0. The number of piperidine rings is 1. The van der Waals surface area contributed by atoms with E-state index in [1.807, 2.05) is 4.90 Å². The molecule has 0 radical (unpaired) electrons. The van der Waals surface area contributed by atoms with Crippen molar-refractivity contribution in [3.63, 3.8) is 0 Å². The van der Waals surface area contributed by atoms with Gasteiger partial charge in [0.1, 0.15) is 0 Å². The van der Waals surface area contributed by atoms with Gasteiger partial charge in [-0.05, 0) is 131 Å². The summed E-state index contributed by atoms with van der Waals surface area (Å²) in [6, 6.07) is 13.6. The lowest BCUT2D eigenvalue weighted by molar-refractivity contribution is -0.142. The van der Waals surface area contributed by atoms with Crippen molar-refractivity contribution < 1.29 is 44.4 Å². The summed E-state index contributed by atoms with van der Waals surface area (Å²) in [5, 5.41) is 38.9. The number of amides is 1. The number of benzene rings is 3. The molecule has 0 bridgehead atoms. The Morgan fingerprint density at radius 3 is 2.00 bits per heavy atom. The van der Waals surface area contributed by atoms with Gasteiger partial charge in [0.15, 0.2) is 0 Å². The van der Waals surface area contributed by atoms with Gasteiger partial charge in [-0.2, -0.15) is 0 Å². The van der Waals surface area contributed by atoms with Crippen molar-refractivity contribution in [3.05, 3.63) is 99.7 Å². The lowest BCUT2D eigenvalue weighted by atomic mass is 9.79. The first-order valence-electron chi connectivity index (χ1n) is 19.2. The molecule has 3 aromatic carbocycles. The number of aryl methyl sites for hydroxylation is 2. The van der Waals surface area contributed by atoms with Crippen LogP contribution in [-0.4, -0.2) is 111 Å². The number of aromatic nitrogens is 1. The minimum atomic E-state index is -1.30. The SMILES string of the molecule is CCN(CC)C(=O)[C@@H]1C=C2c3cccc4[nH]cc(c34)C[C@H]2N(C)C1.Cc1cc(C(=O)O)cc(C)c1N.Nc1ccc(C(=O)O)c(C(=O)O)c1.O=C(O)C1CCNCC1. The summed E-state index contributed by atoms with van der Waals surface area (Å²) in [6.45, 7) is 11.8. The van der Waals surface area contributed by atoms with Crippen molar-refractivity contribution in [2.24, 2.45) is 11.8 Å². The Kier molecular flexibility index (Phi) is 15.2. The number of carbonyl (C=O) groups excluding carboxylic acids is 1. The number of rotatable bonds is 7. The highest BCUT2D eigenvalue weighted by molar-refractivity contribution is 6.02. The van der Waals surface area contributed by atoms with Crippen LogP contribution in [0.1, 0.15) is 80.0 Å². The maximum atomic E-state index is 12.9. The predicted octanol–water partition coefficient (Wildman–Crippen LogP) is 5.23. The summed E-state index contributed by atoms with van der Waals surface area (Å²) in [6.07, 6.45) is 6.98. The number of carbonyl (C=O) groups is 5. The van der Waals surface area contributed by atoms with E-state index in [2.05, 4.69) is 66.6 Å². The maximum Gasteiger partial charge on any atom is 0.336 e. The zero-order chi connectivity index (χ0) is 42.8. The van der Waals surface area contributed by atoms with E-state index < -0.39 is 23.9 Å². The Morgan fingerprint density at radius 1 is 0.845 bits per heavy atom. The molecule has 0 spiro atoms. The third-order valence-electron chi connectivity index (χ3n) is 10.7. The van der Waals surface area contributed by atoms with Gasteiger partial charge in [0.05, 0.1) is 28.5 Å². The van der Waals surface area contributed by atoms with E-state index in [9.17, 15) is 24.0 Å². The fraction of sp³-hybridized carbons (Fsp3) is 0.372. The molecule has 1 amide bonds. The largest absolute Gasteiger partial charge is 0.481 e. The molecule has 1 aliphatic carbocycles. The van der Waals surface area contributed by atoms with Gasteiger partial charge in [0.2, 0.25) is 5.91 Å². The zero-order valence-electron chi connectivity index (χ0n) is 33.5. The van der Waals surface area contributed by atoms with Crippen LogP contribution < -0.4 is 16.8 Å². The first-order chi connectivity index (χ1) is 27.5. The Morgan fingerprint density at radius 2 is 1.47 bits per heavy atom. The van der Waals surface area contributed by atoms with Crippen LogP contribution in [0.15, 0.2) is 60.8 Å². The topological polar surface area (TPSA) is 253 Å². The molecule has 2 aliphatic heterocycles. The van der Waals surface area contributed by atoms with Crippen LogP contribution in [0.4, 0.5) is 11.4 Å². The summed E-state index contributed by atoms with van der Waals surface area (Å²) in [4.78, 5) is 62.6. The number of carboxylic acids is 4. The number of anilines is 2. The third kappa shape index (κ3) is 10.6. The third-order valence-corrected chi connectivity index (χ3v) is 10.7. The van der Waals surface area contributed by atoms with Crippen LogP contribution in [0.3, 0.4) is 0 Å². The fourth-order valence-corrected chi connectivity index (χ4v) is 7.47. The zero-order valence-corrected chi connectivity index (χ0v) is 33.5. The number of hydrogen-bond donors (Lipinski definition) is 8. The molecule has 2 atom stereocenters. The molecular weight excluding hydrogens is 745 g/mol. The average Bonchev–Trinajstić information content (AvgIpc) is 3.62. The molecule has 0 saturated carbocycles. The van der Waals surface area contributed by atoms with Gasteiger partial charge in [-0.1, -0.05) is 18.2 Å². The first-order valence-corrected chi connectivity index (χ1v) is 19.2. The molecule has 1 saturated heterocycles. The van der Waals surface area contributed by atoms with Crippen molar-refractivity contribution in [1.29, 1.82) is 0 Å². The van der Waals surface area contributed by atoms with E-state index in [1.54, 1.807) is 26.0 Å². The van der Waals surface area contributed by atoms with Gasteiger partial charge in [-0.15, -0.1) is 0 Å². The minimum Gasteiger partial charge on any atom is -0.481 e. The number of nitrogens with zero attached hydrogens (tertiary/aromatic N) is 2. The van der Waals surface area contributed by atoms with Gasteiger partial charge in [-0.3, -0.25) is 14.5 Å². The quantitative estimate of drug-likeness (QED) is 0.112. The van der Waals surface area contributed by atoms with Crippen LogP contribution in [-0.2, 0) is 16.0 Å². The molecule has 1 fully saturated rings. The van der Waals surface area contributed by atoms with Gasteiger partial charge < -0.3 is 47.1 Å². The molecule has 7 rings (SSSR count). The molecule has 310 valence electrons. The summed E-state index contributed by atoms with van der Waals surface area (Å²) >= 11 is 0. The molecule has 3 aliphatic rings. The van der Waals surface area contributed by atoms with E-state index in [0.717, 1.165) is 69.2 Å². The minimum absolute atomic E-state index is 0.0445. The second-order valence-electron chi connectivity index (χ2n) is 14.5. The van der Waals surface area contributed by atoms with E-state index >= 15 is 0 Å². The van der Waals surface area contributed by atoms with E-state index in [-0.39, 0.29) is 34.6 Å². The molecule has 58 heavy (non-hydrogen) atoms. The number of aliphatic carboxylic acids is 1. The standard InChI is InChI=1S/C20H25N3O.C9H11NO2.C8H7NO4.C6H11NO2/c1-4-23(5-2)20(24)14-9-16-15-7-6-8-17-19(15)13(11-21-17)10-18(16)22(3)12-14;1-5-3-7(9(11)12)4-6(2)8(5)10;9-4-1-2-5(7(10)11)6(3-4)8(12)13;8-6(9)5-1-3-7-4-2-5/h6-9,11,14,18,21H,4-5,10,12H2,1-3H3;3-4H,10H2,1-2H3,(H,11,12);1-3H,9H2,(H,10,11)(H,12,13);5,7H,1-4H2,(H,8,9)/t14-,18-;;;/m1.../s1. The Balaban J connectivity index is 0.000000186. The van der Waals surface area contributed by atoms with E-state index in [0.29, 0.717) is 17.3 Å². The lowest BCUT2D eigenvalue weighted by Gasteiger charge is -2.40. The normalized spacial score (nSPS) is 17.1. The van der Waals surface area contributed by atoms with E-state index in [1.165, 1.54) is 39.7 Å². The summed E-state index contributed by atoms with van der Waals surface area (Å²) in [5.41, 5.74) is 18.4. The number of aromatic amines is 1. The number of nitrogen functional groups attached to an aromatic ring is 2. The first kappa shape index (κ1) is 44.5. The van der Waals surface area contributed by atoms with Crippen molar-refractivity contribution in [2.75, 3.05) is 51.2 Å². The molecule has 10 N–H and O–H groups in total. The van der Waals surface area contributed by atoms with Gasteiger partial charge in [-0.25, -0.2) is 14.4 Å². The Hall–Kier alpha value is -6.19. The lowest BCUT2D eigenvalue weighted by Crippen LogP contribution is -2.47. The number of nitrogens with one attached hydrogen (secondary N) is 2. The van der Waals surface area contributed by atoms with Crippen molar-refractivity contribution in [3.8, 4) is 0 Å². The maximum absolute atomic E-state index is 12.9. The highest BCUT2D eigenvalue weighted by atomic mass is 16.4. The number of likely N-dealkylation sites (N-methyl/N-ethyl adjacent to an activating group) is 1. The van der Waals surface area contributed by atoms with Crippen LogP contribution in [0, 0.1) is 25.7 Å². The monoisotopic (exact) mass is 798 g/mol. The smallest absolute Gasteiger partial charge is 0.336 e. The van der Waals surface area contributed by atoms with Gasteiger partial charge in [0, 0.05) is 54.2 Å². The molecule has 0 unspecified atom stereocenters. The number of H-pyrrole nitrogens is 1. The molecule has 4 aromatic rings. The number of nitrogens with two attached hydrogens (primary N) is 2. The number of carboxylic acid groups (broad SMARTS) is 4.